The molecule has 1 aliphatic carbocycles. The van der Waals surface area contributed by atoms with Crippen molar-refractivity contribution in [3.63, 3.8) is 0 Å². The van der Waals surface area contributed by atoms with Crippen molar-refractivity contribution in [2.45, 2.75) is 26.2 Å². The van der Waals surface area contributed by atoms with E-state index in [4.69, 9.17) is 22.3 Å². The molecular formula is C14H15ClN2. The predicted molar refractivity (Wildman–Crippen MR) is 72.4 cm³/mol. The lowest BCUT2D eigenvalue weighted by Crippen LogP contribution is -2.15. The molecule has 2 nitrogen and oxygen atoms in total. The molecule has 0 amide bonds. The van der Waals surface area contributed by atoms with Gasteiger partial charge in [0.1, 0.15) is 0 Å². The SMILES string of the molecule is CC1CCc2nc3cc(Cl)ccc3c(N)c2C1. The molecule has 0 spiro atoms. The minimum Gasteiger partial charge on any atom is -0.398 e. The molecule has 3 heteroatoms. The van der Waals surface area contributed by atoms with E-state index in [0.29, 0.717) is 10.9 Å². The van der Waals surface area contributed by atoms with Gasteiger partial charge >= 0.3 is 0 Å². The van der Waals surface area contributed by atoms with Crippen molar-refractivity contribution < 1.29 is 0 Å². The van der Waals surface area contributed by atoms with Crippen LogP contribution in [0.2, 0.25) is 5.02 Å². The summed E-state index contributed by atoms with van der Waals surface area (Å²) in [5.41, 5.74) is 10.5. The minimum atomic E-state index is 0.705. The average Bonchev–Trinajstić information content (AvgIpc) is 2.30. The molecule has 0 aliphatic heterocycles. The fraction of sp³-hybridized carbons (Fsp3) is 0.357. The summed E-state index contributed by atoms with van der Waals surface area (Å²) in [6, 6.07) is 5.74. The molecule has 1 aromatic carbocycles. The zero-order valence-electron chi connectivity index (χ0n) is 9.83. The Labute approximate surface area is 106 Å². The number of halogens is 1. The summed E-state index contributed by atoms with van der Waals surface area (Å²) in [6.45, 7) is 2.27. The number of nitrogen functional groups attached to an aromatic ring is 1. The van der Waals surface area contributed by atoms with Crippen LogP contribution in [0.3, 0.4) is 0 Å². The van der Waals surface area contributed by atoms with Crippen molar-refractivity contribution in [3.8, 4) is 0 Å². The molecule has 88 valence electrons. The molecule has 0 bridgehead atoms. The number of nitrogens with zero attached hydrogens (tertiary/aromatic N) is 1. The predicted octanol–water partition coefficient (Wildman–Crippen LogP) is 3.60. The van der Waals surface area contributed by atoms with Crippen LogP contribution in [-0.2, 0) is 12.8 Å². The molecule has 0 fully saturated rings. The second-order valence-electron chi connectivity index (χ2n) is 4.96. The Bertz CT molecular complexity index is 592. The normalized spacial score (nSPS) is 19.3. The average molecular weight is 247 g/mol. The van der Waals surface area contributed by atoms with Crippen LogP contribution in [0.25, 0.3) is 10.9 Å². The number of anilines is 1. The third kappa shape index (κ3) is 1.77. The maximum atomic E-state index is 6.27. The van der Waals surface area contributed by atoms with E-state index < -0.39 is 0 Å². The van der Waals surface area contributed by atoms with E-state index in [1.165, 1.54) is 12.0 Å². The molecule has 2 aromatic rings. The summed E-state index contributed by atoms with van der Waals surface area (Å²) in [4.78, 5) is 4.71. The van der Waals surface area contributed by atoms with Crippen LogP contribution in [0.1, 0.15) is 24.6 Å². The number of fused-ring (bicyclic) bond motifs is 2. The summed E-state index contributed by atoms with van der Waals surface area (Å²) >= 11 is 6.00. The smallest absolute Gasteiger partial charge is 0.0741 e. The lowest BCUT2D eigenvalue weighted by molar-refractivity contribution is 0.496. The third-order valence-electron chi connectivity index (χ3n) is 3.61. The fourth-order valence-corrected chi connectivity index (χ4v) is 2.79. The Balaban J connectivity index is 2.28. The van der Waals surface area contributed by atoms with Crippen molar-refractivity contribution in [2.75, 3.05) is 5.73 Å². The Morgan fingerprint density at radius 3 is 3.06 bits per heavy atom. The number of aryl methyl sites for hydroxylation is 1. The highest BCUT2D eigenvalue weighted by molar-refractivity contribution is 6.31. The van der Waals surface area contributed by atoms with Crippen LogP contribution in [0.15, 0.2) is 18.2 Å². The summed E-state index contributed by atoms with van der Waals surface area (Å²) in [7, 11) is 0. The van der Waals surface area contributed by atoms with Gasteiger partial charge in [0.25, 0.3) is 0 Å². The van der Waals surface area contributed by atoms with Crippen molar-refractivity contribution in [2.24, 2.45) is 5.92 Å². The maximum Gasteiger partial charge on any atom is 0.0741 e. The van der Waals surface area contributed by atoms with Crippen LogP contribution in [0.5, 0.6) is 0 Å². The molecule has 1 heterocycles. The second-order valence-corrected chi connectivity index (χ2v) is 5.40. The van der Waals surface area contributed by atoms with E-state index in [1.807, 2.05) is 18.2 Å². The van der Waals surface area contributed by atoms with E-state index in [9.17, 15) is 0 Å². The van der Waals surface area contributed by atoms with E-state index in [-0.39, 0.29) is 0 Å². The van der Waals surface area contributed by atoms with Gasteiger partial charge in [-0.25, -0.2) is 0 Å². The Kier molecular flexibility index (Phi) is 2.48. The zero-order valence-corrected chi connectivity index (χ0v) is 10.6. The summed E-state index contributed by atoms with van der Waals surface area (Å²) in [6.07, 6.45) is 3.28. The number of hydrogen-bond acceptors (Lipinski definition) is 2. The lowest BCUT2D eigenvalue weighted by Gasteiger charge is -2.23. The third-order valence-corrected chi connectivity index (χ3v) is 3.84. The minimum absolute atomic E-state index is 0.705. The number of hydrogen-bond donors (Lipinski definition) is 1. The van der Waals surface area contributed by atoms with Gasteiger partial charge in [-0.1, -0.05) is 18.5 Å². The topological polar surface area (TPSA) is 38.9 Å². The first kappa shape index (κ1) is 10.8. The van der Waals surface area contributed by atoms with Crippen LogP contribution in [-0.4, -0.2) is 4.98 Å². The van der Waals surface area contributed by atoms with Crippen LogP contribution in [0, 0.1) is 5.92 Å². The van der Waals surface area contributed by atoms with Gasteiger partial charge in [-0.15, -0.1) is 0 Å². The van der Waals surface area contributed by atoms with E-state index in [2.05, 4.69) is 6.92 Å². The maximum absolute atomic E-state index is 6.27. The molecule has 2 N–H and O–H groups in total. The standard InChI is InChI=1S/C14H15ClN2/c1-8-2-5-12-11(6-8)14(16)10-4-3-9(15)7-13(10)17-12/h3-4,7-8H,2,5-6H2,1H3,(H2,16,17). The van der Waals surface area contributed by atoms with Crippen LogP contribution < -0.4 is 5.73 Å². The van der Waals surface area contributed by atoms with Crippen molar-refractivity contribution >= 4 is 28.2 Å². The van der Waals surface area contributed by atoms with Gasteiger partial charge < -0.3 is 5.73 Å². The highest BCUT2D eigenvalue weighted by Gasteiger charge is 2.20. The molecule has 0 saturated heterocycles. The van der Waals surface area contributed by atoms with Crippen molar-refractivity contribution in [1.82, 2.24) is 4.98 Å². The molecule has 17 heavy (non-hydrogen) atoms. The van der Waals surface area contributed by atoms with Gasteiger partial charge in [-0.3, -0.25) is 4.98 Å². The van der Waals surface area contributed by atoms with Crippen molar-refractivity contribution in [1.29, 1.82) is 0 Å². The van der Waals surface area contributed by atoms with Gasteiger partial charge in [-0.2, -0.15) is 0 Å². The molecule has 1 unspecified atom stereocenters. The number of rotatable bonds is 0. The van der Waals surface area contributed by atoms with Gasteiger partial charge in [-0.05, 0) is 48.9 Å². The Hall–Kier alpha value is -1.28. The Morgan fingerprint density at radius 1 is 1.41 bits per heavy atom. The highest BCUT2D eigenvalue weighted by atomic mass is 35.5. The van der Waals surface area contributed by atoms with Crippen LogP contribution in [0.4, 0.5) is 5.69 Å². The fourth-order valence-electron chi connectivity index (χ4n) is 2.62. The highest BCUT2D eigenvalue weighted by Crippen LogP contribution is 2.33. The number of aromatic nitrogens is 1. The first-order chi connectivity index (χ1) is 8.15. The van der Waals surface area contributed by atoms with Gasteiger partial charge in [0.05, 0.1) is 5.52 Å². The molecule has 3 rings (SSSR count). The number of nitrogens with two attached hydrogens (primary N) is 1. The molecule has 1 aliphatic rings. The molecule has 0 radical (unpaired) electrons. The number of pyridine rings is 1. The first-order valence-electron chi connectivity index (χ1n) is 6.01. The molecule has 1 atom stereocenters. The second kappa shape index (κ2) is 3.88. The van der Waals surface area contributed by atoms with Gasteiger partial charge in [0.2, 0.25) is 0 Å². The lowest BCUT2D eigenvalue weighted by atomic mass is 9.86. The number of benzene rings is 1. The van der Waals surface area contributed by atoms with Gasteiger partial charge in [0, 0.05) is 21.8 Å². The quantitative estimate of drug-likeness (QED) is 0.772. The van der Waals surface area contributed by atoms with Gasteiger partial charge in [0.15, 0.2) is 0 Å². The van der Waals surface area contributed by atoms with Crippen molar-refractivity contribution in [3.05, 3.63) is 34.5 Å². The van der Waals surface area contributed by atoms with Crippen LogP contribution >= 0.6 is 11.6 Å². The summed E-state index contributed by atoms with van der Waals surface area (Å²) in [5, 5.41) is 1.75. The first-order valence-corrected chi connectivity index (χ1v) is 6.39. The zero-order chi connectivity index (χ0) is 12.0. The molecule has 0 saturated carbocycles. The summed E-state index contributed by atoms with van der Waals surface area (Å²) in [5.74, 6) is 0.705. The van der Waals surface area contributed by atoms with E-state index >= 15 is 0 Å². The van der Waals surface area contributed by atoms with E-state index in [0.717, 1.165) is 35.1 Å². The largest absolute Gasteiger partial charge is 0.398 e. The van der Waals surface area contributed by atoms with E-state index in [1.54, 1.807) is 0 Å². The monoisotopic (exact) mass is 246 g/mol. The summed E-state index contributed by atoms with van der Waals surface area (Å²) < 4.78 is 0. The molecule has 1 aromatic heterocycles. The Morgan fingerprint density at radius 2 is 2.24 bits per heavy atom. The molecular weight excluding hydrogens is 232 g/mol.